The van der Waals surface area contributed by atoms with Crippen LogP contribution in [0.1, 0.15) is 53.6 Å². The molecule has 0 bridgehead atoms. The molecule has 2 aromatic carbocycles. The van der Waals surface area contributed by atoms with Gasteiger partial charge in [0.25, 0.3) is 5.91 Å². The molecule has 140 valence electrons. The standard InChI is InChI=1S/C23H26N2O2/c1-24-20(26)18-9-7-8-17(14-18)15-25-21(27)23(19-10-3-2-4-11-19)16-22(23)12-5-6-13-22/h2-4,7-11,14H,5-6,12-13,15-16H2,1H3,(H,24,26)(H,25,27)/t23-/m0/s1. The molecule has 2 fully saturated rings. The average Bonchev–Trinajstić information content (AvgIpc) is 3.13. The lowest BCUT2D eigenvalue weighted by atomic mass is 9.84. The van der Waals surface area contributed by atoms with E-state index < -0.39 is 0 Å². The molecule has 2 amide bonds. The maximum Gasteiger partial charge on any atom is 0.251 e. The fourth-order valence-electron chi connectivity index (χ4n) is 5.00. The minimum Gasteiger partial charge on any atom is -0.355 e. The topological polar surface area (TPSA) is 58.2 Å². The van der Waals surface area contributed by atoms with Crippen LogP contribution in [0.15, 0.2) is 54.6 Å². The van der Waals surface area contributed by atoms with Gasteiger partial charge >= 0.3 is 0 Å². The third-order valence-electron chi connectivity index (χ3n) is 6.47. The second kappa shape index (κ2) is 6.84. The molecule has 1 spiro atoms. The highest BCUT2D eigenvalue weighted by Crippen LogP contribution is 2.72. The summed E-state index contributed by atoms with van der Waals surface area (Å²) in [6.45, 7) is 0.439. The van der Waals surface area contributed by atoms with E-state index in [1.165, 1.54) is 12.8 Å². The molecule has 2 aliphatic rings. The Bertz CT molecular complexity index is 856. The van der Waals surface area contributed by atoms with E-state index in [1.807, 2.05) is 36.4 Å². The summed E-state index contributed by atoms with van der Waals surface area (Å²) in [7, 11) is 1.62. The van der Waals surface area contributed by atoms with Gasteiger partial charge in [0.05, 0.1) is 5.41 Å². The van der Waals surface area contributed by atoms with Crippen molar-refractivity contribution in [3.63, 3.8) is 0 Å². The summed E-state index contributed by atoms with van der Waals surface area (Å²) in [4.78, 5) is 25.2. The monoisotopic (exact) mass is 362 g/mol. The van der Waals surface area contributed by atoms with Gasteiger partial charge in [0.15, 0.2) is 0 Å². The Labute approximate surface area is 160 Å². The van der Waals surface area contributed by atoms with Gasteiger partial charge in [0.1, 0.15) is 0 Å². The van der Waals surface area contributed by atoms with E-state index >= 15 is 0 Å². The molecule has 0 aromatic heterocycles. The zero-order chi connectivity index (χ0) is 18.9. The molecule has 2 saturated carbocycles. The van der Waals surface area contributed by atoms with E-state index in [9.17, 15) is 9.59 Å². The fourth-order valence-corrected chi connectivity index (χ4v) is 5.00. The summed E-state index contributed by atoms with van der Waals surface area (Å²) < 4.78 is 0. The van der Waals surface area contributed by atoms with Gasteiger partial charge in [-0.2, -0.15) is 0 Å². The van der Waals surface area contributed by atoms with Crippen molar-refractivity contribution >= 4 is 11.8 Å². The second-order valence-corrected chi connectivity index (χ2v) is 7.90. The Morgan fingerprint density at radius 2 is 1.74 bits per heavy atom. The number of benzene rings is 2. The zero-order valence-electron chi connectivity index (χ0n) is 15.8. The van der Waals surface area contributed by atoms with Gasteiger partial charge in [0.2, 0.25) is 5.91 Å². The number of carbonyl (C=O) groups excluding carboxylic acids is 2. The Kier molecular flexibility index (Phi) is 4.50. The molecule has 0 aliphatic heterocycles. The first kappa shape index (κ1) is 17.8. The van der Waals surface area contributed by atoms with Crippen molar-refractivity contribution in [1.82, 2.24) is 10.6 Å². The summed E-state index contributed by atoms with van der Waals surface area (Å²) in [5, 5.41) is 5.80. The molecular formula is C23H26N2O2. The van der Waals surface area contributed by atoms with Crippen LogP contribution in [0.5, 0.6) is 0 Å². The predicted octanol–water partition coefficient (Wildman–Crippen LogP) is 3.56. The predicted molar refractivity (Wildman–Crippen MR) is 105 cm³/mol. The van der Waals surface area contributed by atoms with Crippen LogP contribution in [0.3, 0.4) is 0 Å². The van der Waals surface area contributed by atoms with Crippen molar-refractivity contribution < 1.29 is 9.59 Å². The van der Waals surface area contributed by atoms with Crippen LogP contribution in [0.4, 0.5) is 0 Å². The quantitative estimate of drug-likeness (QED) is 0.854. The van der Waals surface area contributed by atoms with Gasteiger partial charge in [-0.1, -0.05) is 55.3 Å². The van der Waals surface area contributed by atoms with Crippen molar-refractivity contribution in [2.24, 2.45) is 5.41 Å². The van der Waals surface area contributed by atoms with Gasteiger partial charge in [-0.05, 0) is 47.9 Å². The van der Waals surface area contributed by atoms with Gasteiger partial charge in [-0.25, -0.2) is 0 Å². The molecule has 0 unspecified atom stereocenters. The van der Waals surface area contributed by atoms with Crippen LogP contribution in [-0.4, -0.2) is 18.9 Å². The molecular weight excluding hydrogens is 336 g/mol. The normalized spacial score (nSPS) is 22.4. The van der Waals surface area contributed by atoms with Crippen molar-refractivity contribution in [1.29, 1.82) is 0 Å². The van der Waals surface area contributed by atoms with Crippen molar-refractivity contribution in [2.45, 2.75) is 44.1 Å². The van der Waals surface area contributed by atoms with Crippen LogP contribution >= 0.6 is 0 Å². The maximum absolute atomic E-state index is 13.3. The first-order valence-electron chi connectivity index (χ1n) is 9.76. The zero-order valence-corrected chi connectivity index (χ0v) is 15.8. The largest absolute Gasteiger partial charge is 0.355 e. The summed E-state index contributed by atoms with van der Waals surface area (Å²) in [6, 6.07) is 17.7. The number of nitrogens with one attached hydrogen (secondary N) is 2. The van der Waals surface area contributed by atoms with E-state index in [0.717, 1.165) is 30.4 Å². The van der Waals surface area contributed by atoms with E-state index in [1.54, 1.807) is 13.1 Å². The number of hydrogen-bond donors (Lipinski definition) is 2. The lowest BCUT2D eigenvalue weighted by Gasteiger charge is -2.23. The smallest absolute Gasteiger partial charge is 0.251 e. The minimum atomic E-state index is -0.386. The number of rotatable bonds is 5. The van der Waals surface area contributed by atoms with E-state index in [-0.39, 0.29) is 22.6 Å². The summed E-state index contributed by atoms with van der Waals surface area (Å²) in [5.41, 5.74) is 2.45. The lowest BCUT2D eigenvalue weighted by Crippen LogP contribution is -2.38. The average molecular weight is 362 g/mol. The van der Waals surface area contributed by atoms with Gasteiger partial charge in [0, 0.05) is 19.2 Å². The SMILES string of the molecule is CNC(=O)c1cccc(CNC(=O)[C@@]2(c3ccccc3)CC23CCCC3)c1. The highest BCUT2D eigenvalue weighted by atomic mass is 16.2. The van der Waals surface area contributed by atoms with Crippen molar-refractivity contribution in [3.8, 4) is 0 Å². The third-order valence-corrected chi connectivity index (χ3v) is 6.47. The summed E-state index contributed by atoms with van der Waals surface area (Å²) in [6.07, 6.45) is 5.67. The summed E-state index contributed by atoms with van der Waals surface area (Å²) in [5.74, 6) is 0.0111. The maximum atomic E-state index is 13.3. The fraction of sp³-hybridized carbons (Fsp3) is 0.391. The van der Waals surface area contributed by atoms with Crippen LogP contribution in [-0.2, 0) is 16.8 Å². The number of carbonyl (C=O) groups is 2. The molecule has 2 aromatic rings. The molecule has 4 heteroatoms. The van der Waals surface area contributed by atoms with Gasteiger partial charge in [-0.15, -0.1) is 0 Å². The van der Waals surface area contributed by atoms with Crippen LogP contribution in [0.25, 0.3) is 0 Å². The van der Waals surface area contributed by atoms with E-state index in [4.69, 9.17) is 0 Å². The number of amides is 2. The molecule has 4 rings (SSSR count). The van der Waals surface area contributed by atoms with Crippen molar-refractivity contribution in [2.75, 3.05) is 7.05 Å². The molecule has 1 atom stereocenters. The Balaban J connectivity index is 1.54. The molecule has 27 heavy (non-hydrogen) atoms. The Morgan fingerprint density at radius 1 is 1.00 bits per heavy atom. The van der Waals surface area contributed by atoms with Gasteiger partial charge in [-0.3, -0.25) is 9.59 Å². The Morgan fingerprint density at radius 3 is 2.44 bits per heavy atom. The molecule has 0 heterocycles. The highest BCUT2D eigenvalue weighted by molar-refractivity contribution is 5.94. The van der Waals surface area contributed by atoms with Crippen molar-refractivity contribution in [3.05, 3.63) is 71.3 Å². The molecule has 2 aliphatic carbocycles. The highest BCUT2D eigenvalue weighted by Gasteiger charge is 2.72. The summed E-state index contributed by atoms with van der Waals surface area (Å²) >= 11 is 0. The second-order valence-electron chi connectivity index (χ2n) is 7.90. The molecule has 0 saturated heterocycles. The van der Waals surface area contributed by atoms with Crippen LogP contribution in [0, 0.1) is 5.41 Å². The molecule has 0 radical (unpaired) electrons. The first-order valence-corrected chi connectivity index (χ1v) is 9.76. The van der Waals surface area contributed by atoms with Gasteiger partial charge < -0.3 is 10.6 Å². The first-order chi connectivity index (χ1) is 13.1. The third kappa shape index (κ3) is 2.93. The lowest BCUT2D eigenvalue weighted by molar-refractivity contribution is -0.124. The van der Waals surface area contributed by atoms with Crippen LogP contribution < -0.4 is 10.6 Å². The molecule has 4 nitrogen and oxygen atoms in total. The van der Waals surface area contributed by atoms with E-state index in [2.05, 4.69) is 22.8 Å². The minimum absolute atomic E-state index is 0.115. The van der Waals surface area contributed by atoms with E-state index in [0.29, 0.717) is 12.1 Å². The number of hydrogen-bond acceptors (Lipinski definition) is 2. The van der Waals surface area contributed by atoms with Crippen LogP contribution in [0.2, 0.25) is 0 Å². The Hall–Kier alpha value is -2.62. The molecule has 2 N–H and O–H groups in total.